The van der Waals surface area contributed by atoms with Crippen LogP contribution in [-0.2, 0) is 0 Å². The maximum absolute atomic E-state index is 3.48. The predicted molar refractivity (Wildman–Crippen MR) is 413 cm³/mol. The van der Waals surface area contributed by atoms with E-state index in [0.29, 0.717) is 0 Å². The lowest BCUT2D eigenvalue weighted by Gasteiger charge is -3.87. The first-order valence-corrected chi connectivity index (χ1v) is 66.0. The summed E-state index contributed by atoms with van der Waals surface area (Å²) in [6, 6.07) is 0. The topological polar surface area (TPSA) is 0 Å². The van der Waals surface area contributed by atoms with Crippen LogP contribution in [0.25, 0.3) is 0 Å². The van der Waals surface area contributed by atoms with E-state index in [9.17, 15) is 0 Å². The highest BCUT2D eigenvalue weighted by Gasteiger charge is 3.97. The fourth-order valence-corrected chi connectivity index (χ4v) is 174. The average molecular weight is 1640 g/mol. The molecule has 0 aromatic rings. The molecule has 128 unspecified atom stereocenters. The van der Waals surface area contributed by atoms with Crippen molar-refractivity contribution in [2.75, 3.05) is 0 Å². The molecule has 0 aromatic carbocycles. The molecule has 578 valence electrons. The minimum Gasteiger partial charge on any atom is -0.0842 e. The summed E-state index contributed by atoms with van der Waals surface area (Å²) in [7, 11) is 0. The van der Waals surface area contributed by atoms with Crippen molar-refractivity contribution in [3.8, 4) is 0 Å². The van der Waals surface area contributed by atoms with Gasteiger partial charge in [0.1, 0.15) is 0 Å². The second kappa shape index (κ2) is 5.19. The Hall–Kier alpha value is -0.260. The molecule has 0 nitrogen and oxygen atoms in total. The van der Waals surface area contributed by atoms with E-state index in [4.69, 9.17) is 0 Å². The Balaban J connectivity index is 0.540. The van der Waals surface area contributed by atoms with E-state index in [1.807, 2.05) is 19.3 Å². The number of rotatable bonds is 0. The molecule has 110 rings (SSSR count). The lowest BCUT2D eigenvalue weighted by atomic mass is 8.14. The van der Waals surface area contributed by atoms with Crippen LogP contribution in [0.15, 0.2) is 12.2 Å². The fourth-order valence-electron chi connectivity index (χ4n) is 174. The summed E-state index contributed by atoms with van der Waals surface area (Å²) >= 11 is 0. The molecular weight excluding hydrogens is 1600 g/mol. The van der Waals surface area contributed by atoms with Crippen LogP contribution in [-0.4, -0.2) is 0 Å². The first kappa shape index (κ1) is 39.4. The van der Waals surface area contributed by atoms with Crippen molar-refractivity contribution in [2.24, 2.45) is 452 Å². The maximum atomic E-state index is 3.48. The quantitative estimate of drug-likeness (QED) is 0.212. The van der Waals surface area contributed by atoms with E-state index in [-0.39, 0.29) is 0 Å². The smallest absolute Gasteiger partial charge is 0.00000000481 e. The van der Waals surface area contributed by atoms with Crippen LogP contribution < -0.4 is 0 Å². The molecular formula is C133H46. The highest BCUT2D eigenvalue weighted by Crippen LogP contribution is 4.03. The fraction of sp³-hybridized carbons (Fsp3) is 0.985. The Labute approximate surface area is 738 Å². The Morgan fingerprint density at radius 3 is 0.353 bits per heavy atom. The summed E-state index contributed by atoms with van der Waals surface area (Å²) in [5.41, 5.74) is 104. The third-order valence-electron chi connectivity index (χ3n) is 129. The van der Waals surface area contributed by atoms with Gasteiger partial charge in [-0.2, -0.15) is 0 Å². The van der Waals surface area contributed by atoms with Gasteiger partial charge in [0.15, 0.2) is 0 Å². The molecule has 0 radical (unpaired) electrons. The molecule has 0 aliphatic heterocycles. The van der Waals surface area contributed by atoms with Gasteiger partial charge in [0.05, 0.1) is 0 Å². The van der Waals surface area contributed by atoms with Gasteiger partial charge in [-0.3, -0.25) is 0 Å². The highest BCUT2D eigenvalue weighted by atomic mass is 16.0. The zero-order valence-electron chi connectivity index (χ0n) is 70.2. The van der Waals surface area contributed by atoms with Crippen LogP contribution in [0.5, 0.6) is 0 Å². The van der Waals surface area contributed by atoms with Gasteiger partial charge in [0.2, 0.25) is 0 Å². The molecule has 0 amide bonds. The minimum atomic E-state index is 0.978. The van der Waals surface area contributed by atoms with Crippen molar-refractivity contribution in [3.63, 3.8) is 0 Å². The van der Waals surface area contributed by atoms with Gasteiger partial charge < -0.3 is 0 Å². The van der Waals surface area contributed by atoms with E-state index in [1.54, 1.807) is 0 Å². The largest absolute Gasteiger partial charge is 0.0842 e. The molecule has 110 aliphatic carbocycles. The van der Waals surface area contributed by atoms with Crippen molar-refractivity contribution in [1.29, 1.82) is 0 Å². The third-order valence-corrected chi connectivity index (χ3v) is 129. The molecule has 0 N–H and O–H groups in total. The summed E-state index contributed by atoms with van der Waals surface area (Å²) < 4.78 is 0. The van der Waals surface area contributed by atoms with Crippen molar-refractivity contribution in [3.05, 3.63) is 272 Å². The third kappa shape index (κ3) is 0.662. The number of allylic oxidation sites excluding steroid dienone is 2. The first-order valence-electron chi connectivity index (χ1n) is 66.0. The summed E-state index contributed by atoms with van der Waals surface area (Å²) in [4.78, 5) is 0. The molecule has 0 aromatic heterocycles. The van der Waals surface area contributed by atoms with Gasteiger partial charge in [-0.15, -0.1) is 0 Å². The van der Waals surface area contributed by atoms with Crippen molar-refractivity contribution in [2.45, 2.75) is 19.3 Å². The second-order valence-electron chi connectivity index (χ2n) is 91.3. The minimum absolute atomic E-state index is 0.978. The molecule has 110 aliphatic rings. The molecule has 0 heterocycles. The lowest BCUT2D eigenvalue weighted by Crippen LogP contribution is -3.81. The van der Waals surface area contributed by atoms with Crippen molar-refractivity contribution < 1.29 is 0 Å². The van der Waals surface area contributed by atoms with Gasteiger partial charge in [0, 0.05) is 0 Å². The molecule has 0 bridgehead atoms. The Morgan fingerprint density at radius 1 is 0.0902 bits per heavy atom. The molecule has 128 atom stereocenters. The van der Waals surface area contributed by atoms with E-state index in [2.05, 4.69) is 12.2 Å². The van der Waals surface area contributed by atoms with Crippen molar-refractivity contribution in [1.82, 2.24) is 0 Å². The molecule has 0 heteroatoms. The van der Waals surface area contributed by atoms with Crippen LogP contribution >= 0.6 is 0 Å². The van der Waals surface area contributed by atoms with E-state index in [1.165, 1.54) is 441 Å². The van der Waals surface area contributed by atoms with Gasteiger partial charge in [-0.25, -0.2) is 0 Å². The van der Waals surface area contributed by atoms with Crippen LogP contribution in [0.4, 0.5) is 0 Å². The van der Waals surface area contributed by atoms with E-state index < -0.39 is 0 Å². The lowest BCUT2D eigenvalue weighted by molar-refractivity contribution is -1.12. The molecule has 109 fully saturated rings. The van der Waals surface area contributed by atoms with Crippen LogP contribution in [0, 0.1) is 712 Å². The number of hydrogen-bond donors (Lipinski definition) is 0. The number of fused-ring (bicyclic) bond motifs is 34. The van der Waals surface area contributed by atoms with Gasteiger partial charge in [0.25, 0.3) is 0 Å². The maximum Gasteiger partial charge on any atom is -0.00000000481 e. The van der Waals surface area contributed by atoms with E-state index in [0.717, 1.165) is 271 Å². The van der Waals surface area contributed by atoms with Gasteiger partial charge in [-0.05, 0) is 731 Å². The monoisotopic (exact) mass is 1640 g/mol. The van der Waals surface area contributed by atoms with Crippen LogP contribution in [0.3, 0.4) is 0 Å². The Kier molecular flexibility index (Phi) is 1.54. The summed E-state index contributed by atoms with van der Waals surface area (Å²) in [6.07, 6.45) is 12.9. The summed E-state index contributed by atoms with van der Waals surface area (Å²) in [5, 5.41) is 0. The standard InChI is InChI=1S/C133H46/c1-2-7-15-23-31-40-41-35-27-19-11-4-9-17-25-33-39-34-26-18-10-5-13-21-29-37-43-42-36-28-20-12-3-8-16-24-32-38-30-22-14-6(1)44(7)48(14)56(22)64(30)72(38)66(32)58(24)50(16)45(8,12)54(20)62(28)70(36)76(42)77(43)71(37)63(29)55(21)47(10,13)52(18)60(26)68(34)73(39)67(33)59(25)51(17)46(9,11)53(19)61(27)69(35)75(41)74(40)65(31)57(23)49(15,44)78(48)82(56)90(64)98(72)91(66)84(58)79(50,54)88(62)96(70)102(76)103(77)97(71)89(63)81(52,55)86(60)93(68)99(73)92(67)85(59)80(51,53)87(61)95(69)101(75)100(74)94(65)83(57,78)104(82)108(90)116(98)109(91)105(84,88)114(96)120(102)121(103)115(97)107(86,89)111(93)117(99)110(92)106(85,87)113(95)119(101)118(100)112(94,104)122(108)126(116)123(109,114)130(120)131(121)125(111,115)127(117)124(110,113)129(119)128(118,122)132(126,130)133(127,129)131/h1-2,6-43H,3-5H2. The van der Waals surface area contributed by atoms with Crippen LogP contribution in [0.1, 0.15) is 19.3 Å². The van der Waals surface area contributed by atoms with Gasteiger partial charge >= 0.3 is 0 Å². The molecule has 0 saturated heterocycles. The SMILES string of the molecule is C1=CC2C3C4C5C6C7C8C9C%10C%11CC%12C%13C%14C%15C%16C%17C%18C%19C%20CC%21C%22C%23C%24C%25C%26C%27C%28C%29C%30CC%31C%32C%33C%34C%35C%36C%37C%38C1C21C%382C%37%38C%36%37C%35%36C%34%35C%33%34C%32%33C%31%30C%29%30C%28%29C%27%28C%26%27C%25%26C%24%25C%23%24C%22%23C%20%21C%19%20C%18%19C%17%18C%16%17C%15%16C%14%15C%13%14C%12%11C%10%11C9%10C89C78C67C56C45C31C21C%382C%373C%364C%35%12C%34%13C%33%30C%29%21C%28%22C%27%28C%26%27C%25%26C%24%25C%20%23C%19%20C%18%19C%17%18C%16%17C%15%16C%14%11C%10%11C9%10C89C78C67C51C21C32C43C%124C%13%21C%225C%286C%27%12C%26%13C%20%25C%19%14C%18%15C%17%18C%16%11C%10%11C9%10C89C71C21C32C45C63C%124C%14%13C%155C%18%11C%106C91C23C564. The first-order chi connectivity index (χ1) is 66.3. The molecule has 133 heavy (non-hydrogen) atoms. The average Bonchev–Trinajstić information content (AvgIpc) is 0.417. The summed E-state index contributed by atoms with van der Waals surface area (Å²) in [5.74, 6) is 55.1. The van der Waals surface area contributed by atoms with Crippen molar-refractivity contribution >= 4 is 0 Å². The Bertz CT molecular complexity index is 12000. The number of hydrogen-bond acceptors (Lipinski definition) is 0. The predicted octanol–water partition coefficient (Wildman–Crippen LogP) is 10.3. The molecule has 90 spiro atoms. The Morgan fingerprint density at radius 2 is 0.195 bits per heavy atom. The highest BCUT2D eigenvalue weighted by molar-refractivity contribution is 7.09. The normalized spacial score (nSPS) is 162. The zero-order chi connectivity index (χ0) is 70.5. The van der Waals surface area contributed by atoms with E-state index >= 15 is 0 Å². The second-order valence-corrected chi connectivity index (χ2v) is 91.3. The van der Waals surface area contributed by atoms with Gasteiger partial charge in [-0.1, -0.05) is 12.2 Å². The molecule has 109 saturated carbocycles. The summed E-state index contributed by atoms with van der Waals surface area (Å²) in [6.45, 7) is 0. The van der Waals surface area contributed by atoms with Crippen LogP contribution in [0.2, 0.25) is 0 Å². The zero-order valence-corrected chi connectivity index (χ0v) is 70.2.